The van der Waals surface area contributed by atoms with E-state index in [0.29, 0.717) is 19.5 Å². The highest BCUT2D eigenvalue weighted by Gasteiger charge is 2.14. The van der Waals surface area contributed by atoms with Crippen LogP contribution in [0.2, 0.25) is 0 Å². The molecule has 1 saturated carbocycles. The molecule has 0 aliphatic heterocycles. The van der Waals surface area contributed by atoms with Gasteiger partial charge in [0.15, 0.2) is 6.61 Å². The van der Waals surface area contributed by atoms with Gasteiger partial charge < -0.3 is 15.4 Å². The monoisotopic (exact) mass is 360 g/mol. The number of ether oxygens (including phenoxy) is 1. The van der Waals surface area contributed by atoms with Crippen LogP contribution in [0.25, 0.3) is 0 Å². The molecule has 2 N–H and O–H groups in total. The van der Waals surface area contributed by atoms with Gasteiger partial charge in [0.1, 0.15) is 5.75 Å². The molecule has 1 aliphatic rings. The quantitative estimate of drug-likeness (QED) is 0.664. The lowest BCUT2D eigenvalue weighted by Crippen LogP contribution is -2.36. The fraction of sp³-hybridized carbons (Fsp3) is 0.619. The van der Waals surface area contributed by atoms with Gasteiger partial charge in [0.25, 0.3) is 5.91 Å². The average Bonchev–Trinajstić information content (AvgIpc) is 2.65. The molecule has 1 fully saturated rings. The van der Waals surface area contributed by atoms with Crippen LogP contribution in [0.5, 0.6) is 5.75 Å². The van der Waals surface area contributed by atoms with Crippen molar-refractivity contribution >= 4 is 11.8 Å². The highest BCUT2D eigenvalue weighted by atomic mass is 16.5. The number of aryl methyl sites for hydroxylation is 1. The van der Waals surface area contributed by atoms with Crippen LogP contribution in [0.4, 0.5) is 0 Å². The van der Waals surface area contributed by atoms with E-state index in [1.54, 1.807) is 0 Å². The minimum atomic E-state index is -0.178. The number of rotatable bonds is 9. The van der Waals surface area contributed by atoms with Crippen LogP contribution in [0.3, 0.4) is 0 Å². The second-order valence-corrected chi connectivity index (χ2v) is 7.23. The third-order valence-electron chi connectivity index (χ3n) is 5.19. The highest BCUT2D eigenvalue weighted by molar-refractivity contribution is 5.78. The zero-order valence-corrected chi connectivity index (χ0v) is 16.1. The molecule has 144 valence electrons. The number of hydrogen-bond acceptors (Lipinski definition) is 3. The molecular formula is C21H32N2O3. The van der Waals surface area contributed by atoms with Gasteiger partial charge in [0, 0.05) is 19.5 Å². The third kappa shape index (κ3) is 7.06. The Hall–Kier alpha value is -2.04. The molecule has 0 radical (unpaired) electrons. The Morgan fingerprint density at radius 3 is 2.46 bits per heavy atom. The Bertz CT molecular complexity index is 595. The van der Waals surface area contributed by atoms with E-state index in [9.17, 15) is 9.59 Å². The zero-order chi connectivity index (χ0) is 18.8. The molecule has 1 aliphatic carbocycles. The van der Waals surface area contributed by atoms with E-state index in [1.165, 1.54) is 32.1 Å². The van der Waals surface area contributed by atoms with Gasteiger partial charge in [-0.15, -0.1) is 0 Å². The van der Waals surface area contributed by atoms with Crippen LogP contribution in [0.15, 0.2) is 18.2 Å². The molecule has 0 bridgehead atoms. The molecule has 0 aromatic heterocycles. The van der Waals surface area contributed by atoms with Gasteiger partial charge in [-0.3, -0.25) is 9.59 Å². The van der Waals surface area contributed by atoms with Gasteiger partial charge >= 0.3 is 0 Å². The minimum absolute atomic E-state index is 0.0140. The molecule has 1 aromatic rings. The summed E-state index contributed by atoms with van der Waals surface area (Å²) >= 11 is 0. The average molecular weight is 360 g/mol. The first kappa shape index (κ1) is 20.3. The number of carbonyl (C=O) groups excluding carboxylic acids is 2. The summed E-state index contributed by atoms with van der Waals surface area (Å²) in [4.78, 5) is 23.7. The van der Waals surface area contributed by atoms with Crippen LogP contribution in [0, 0.1) is 19.8 Å². The fourth-order valence-electron chi connectivity index (χ4n) is 3.38. The Labute approximate surface area is 156 Å². The minimum Gasteiger partial charge on any atom is -0.483 e. The van der Waals surface area contributed by atoms with Crippen LogP contribution >= 0.6 is 0 Å². The first-order valence-electron chi connectivity index (χ1n) is 9.78. The lowest BCUT2D eigenvalue weighted by Gasteiger charge is -2.21. The SMILES string of the molecule is Cc1cccc(OCC(=O)NCCNC(=O)CCC2CCCCC2)c1C. The zero-order valence-electron chi connectivity index (χ0n) is 16.1. The largest absolute Gasteiger partial charge is 0.483 e. The number of carbonyl (C=O) groups is 2. The Balaban J connectivity index is 1.54. The molecule has 26 heavy (non-hydrogen) atoms. The van der Waals surface area contributed by atoms with Gasteiger partial charge in [0.2, 0.25) is 5.91 Å². The Kier molecular flexibility index (Phi) is 8.45. The van der Waals surface area contributed by atoms with E-state index in [1.807, 2.05) is 32.0 Å². The Morgan fingerprint density at radius 2 is 1.73 bits per heavy atom. The van der Waals surface area contributed by atoms with Gasteiger partial charge in [-0.25, -0.2) is 0 Å². The normalized spacial score (nSPS) is 14.7. The fourth-order valence-corrected chi connectivity index (χ4v) is 3.38. The van der Waals surface area contributed by atoms with Gasteiger partial charge in [-0.2, -0.15) is 0 Å². The van der Waals surface area contributed by atoms with Crippen LogP contribution in [-0.4, -0.2) is 31.5 Å². The summed E-state index contributed by atoms with van der Waals surface area (Å²) in [6.45, 7) is 4.85. The van der Waals surface area contributed by atoms with E-state index in [4.69, 9.17) is 4.74 Å². The predicted octanol–water partition coefficient (Wildman–Crippen LogP) is 3.28. The smallest absolute Gasteiger partial charge is 0.258 e. The molecule has 0 atom stereocenters. The second kappa shape index (κ2) is 10.8. The molecule has 0 spiro atoms. The summed E-state index contributed by atoms with van der Waals surface area (Å²) in [5.74, 6) is 1.35. The Morgan fingerprint density at radius 1 is 1.04 bits per heavy atom. The molecule has 0 heterocycles. The van der Waals surface area contributed by atoms with Gasteiger partial charge in [-0.1, -0.05) is 44.2 Å². The summed E-state index contributed by atoms with van der Waals surface area (Å²) in [7, 11) is 0. The van der Waals surface area contributed by atoms with Crippen molar-refractivity contribution in [3.8, 4) is 5.75 Å². The van der Waals surface area contributed by atoms with E-state index in [2.05, 4.69) is 10.6 Å². The predicted molar refractivity (Wildman–Crippen MR) is 103 cm³/mol. The molecule has 2 amide bonds. The first-order chi connectivity index (χ1) is 12.6. The number of benzene rings is 1. The van der Waals surface area contributed by atoms with Crippen LogP contribution in [-0.2, 0) is 9.59 Å². The van der Waals surface area contributed by atoms with E-state index < -0.39 is 0 Å². The molecule has 5 nitrogen and oxygen atoms in total. The third-order valence-corrected chi connectivity index (χ3v) is 5.19. The second-order valence-electron chi connectivity index (χ2n) is 7.23. The summed E-state index contributed by atoms with van der Waals surface area (Å²) in [6, 6.07) is 5.79. The van der Waals surface area contributed by atoms with Crippen molar-refractivity contribution in [2.24, 2.45) is 5.92 Å². The lowest BCUT2D eigenvalue weighted by atomic mass is 9.86. The standard InChI is InChI=1S/C21H32N2O3/c1-16-7-6-10-19(17(16)2)26-15-21(25)23-14-13-22-20(24)12-11-18-8-4-3-5-9-18/h6-7,10,18H,3-5,8-9,11-15H2,1-2H3,(H,22,24)(H,23,25). The number of nitrogens with one attached hydrogen (secondary N) is 2. The maximum absolute atomic E-state index is 11.9. The van der Waals surface area contributed by atoms with Crippen molar-refractivity contribution in [3.63, 3.8) is 0 Å². The van der Waals surface area contributed by atoms with Crippen molar-refractivity contribution in [2.45, 2.75) is 58.8 Å². The van der Waals surface area contributed by atoms with E-state index >= 15 is 0 Å². The maximum Gasteiger partial charge on any atom is 0.258 e. The molecule has 2 rings (SSSR count). The van der Waals surface area contributed by atoms with E-state index in [0.717, 1.165) is 29.2 Å². The molecular weight excluding hydrogens is 328 g/mol. The molecule has 0 saturated heterocycles. The maximum atomic E-state index is 11.9. The molecule has 1 aromatic carbocycles. The summed E-state index contributed by atoms with van der Waals surface area (Å²) in [5, 5.41) is 5.64. The topological polar surface area (TPSA) is 67.4 Å². The molecule has 5 heteroatoms. The van der Waals surface area contributed by atoms with Gasteiger partial charge in [0.05, 0.1) is 0 Å². The van der Waals surface area contributed by atoms with Crippen molar-refractivity contribution in [1.29, 1.82) is 0 Å². The highest BCUT2D eigenvalue weighted by Crippen LogP contribution is 2.27. The summed E-state index contributed by atoms with van der Waals surface area (Å²) < 4.78 is 5.56. The van der Waals surface area contributed by atoms with Crippen LogP contribution in [0.1, 0.15) is 56.1 Å². The van der Waals surface area contributed by atoms with Crippen molar-refractivity contribution < 1.29 is 14.3 Å². The summed E-state index contributed by atoms with van der Waals surface area (Å²) in [6.07, 6.45) is 8.07. The number of amides is 2. The van der Waals surface area contributed by atoms with E-state index in [-0.39, 0.29) is 18.4 Å². The number of hydrogen-bond donors (Lipinski definition) is 2. The van der Waals surface area contributed by atoms with Gasteiger partial charge in [-0.05, 0) is 43.4 Å². The summed E-state index contributed by atoms with van der Waals surface area (Å²) in [5.41, 5.74) is 2.18. The van der Waals surface area contributed by atoms with Crippen molar-refractivity contribution in [2.75, 3.05) is 19.7 Å². The van der Waals surface area contributed by atoms with Crippen molar-refractivity contribution in [1.82, 2.24) is 10.6 Å². The lowest BCUT2D eigenvalue weighted by molar-refractivity contribution is -0.124. The first-order valence-corrected chi connectivity index (χ1v) is 9.78. The van der Waals surface area contributed by atoms with Crippen LogP contribution < -0.4 is 15.4 Å². The molecule has 0 unspecified atom stereocenters. The van der Waals surface area contributed by atoms with Crippen molar-refractivity contribution in [3.05, 3.63) is 29.3 Å².